The molecule has 0 amide bonds. The van der Waals surface area contributed by atoms with Crippen molar-refractivity contribution < 1.29 is 38.7 Å². The number of carbonyl (C=O) groups is 2. The lowest BCUT2D eigenvalue weighted by Crippen LogP contribution is -2.60. The van der Waals surface area contributed by atoms with Gasteiger partial charge in [0.1, 0.15) is 24.9 Å². The zero-order valence-corrected chi connectivity index (χ0v) is 33.0. The normalized spacial score (nSPS) is 20.8. The number of aliphatic hydroxyl groups excluding tert-OH is 2. The van der Waals surface area contributed by atoms with Crippen molar-refractivity contribution in [1.29, 1.82) is 0 Å². The first kappa shape index (κ1) is 47.3. The highest BCUT2D eigenvalue weighted by molar-refractivity contribution is 5.70. The van der Waals surface area contributed by atoms with Crippen LogP contribution >= 0.6 is 0 Å². The summed E-state index contributed by atoms with van der Waals surface area (Å²) in [5.41, 5.74) is 0. The molecule has 0 aliphatic carbocycles. The lowest BCUT2D eigenvalue weighted by atomic mass is 9.99. The lowest BCUT2D eigenvalue weighted by molar-refractivity contribution is -0.297. The molecule has 1 heterocycles. The third-order valence-electron chi connectivity index (χ3n) is 9.83. The Morgan fingerprint density at radius 2 is 0.941 bits per heavy atom. The molecular weight excluding hydrogens is 644 g/mol. The highest BCUT2D eigenvalue weighted by Crippen LogP contribution is 2.25. The maximum atomic E-state index is 12.7. The number of rotatable bonds is 34. The van der Waals surface area contributed by atoms with Gasteiger partial charge in [0.25, 0.3) is 0 Å². The van der Waals surface area contributed by atoms with E-state index in [1.165, 1.54) is 103 Å². The summed E-state index contributed by atoms with van der Waals surface area (Å²) in [6.45, 7) is 4.31. The number of carbonyl (C=O) groups excluding carboxylic acids is 2. The second kappa shape index (κ2) is 34.1. The fourth-order valence-electron chi connectivity index (χ4n) is 6.52. The van der Waals surface area contributed by atoms with E-state index in [0.29, 0.717) is 12.8 Å². The third kappa shape index (κ3) is 25.8. The number of allylic oxidation sites excluding steroid dienone is 4. The van der Waals surface area contributed by atoms with E-state index >= 15 is 0 Å². The number of ether oxygens (including phenoxy) is 4. The van der Waals surface area contributed by atoms with Crippen LogP contribution in [0.2, 0.25) is 0 Å². The Morgan fingerprint density at radius 3 is 1.37 bits per heavy atom. The number of methoxy groups -OCH3 is 1. The summed E-state index contributed by atoms with van der Waals surface area (Å²) in [7, 11) is 1.36. The van der Waals surface area contributed by atoms with Crippen molar-refractivity contribution in [2.24, 2.45) is 0 Å². The van der Waals surface area contributed by atoms with E-state index in [1.54, 1.807) is 0 Å². The Hall–Kier alpha value is -1.74. The van der Waals surface area contributed by atoms with Gasteiger partial charge in [-0.3, -0.25) is 9.59 Å². The topological polar surface area (TPSA) is 112 Å². The van der Waals surface area contributed by atoms with Gasteiger partial charge >= 0.3 is 11.9 Å². The molecule has 1 rings (SSSR count). The fourth-order valence-corrected chi connectivity index (χ4v) is 6.52. The minimum atomic E-state index is -1.42. The van der Waals surface area contributed by atoms with Gasteiger partial charge in [0, 0.05) is 20.0 Å². The van der Waals surface area contributed by atoms with Gasteiger partial charge in [-0.1, -0.05) is 141 Å². The van der Waals surface area contributed by atoms with Gasteiger partial charge in [-0.2, -0.15) is 0 Å². The summed E-state index contributed by atoms with van der Waals surface area (Å²) in [6, 6.07) is 0. The van der Waals surface area contributed by atoms with E-state index in [1.807, 2.05) is 0 Å². The molecule has 8 nitrogen and oxygen atoms in total. The second-order valence-electron chi connectivity index (χ2n) is 14.6. The van der Waals surface area contributed by atoms with Crippen molar-refractivity contribution in [3.8, 4) is 0 Å². The molecule has 0 radical (unpaired) electrons. The molecule has 0 saturated carbocycles. The van der Waals surface area contributed by atoms with Gasteiger partial charge in [0.15, 0.2) is 12.4 Å². The van der Waals surface area contributed by atoms with E-state index in [-0.39, 0.29) is 19.0 Å². The molecule has 1 saturated heterocycles. The van der Waals surface area contributed by atoms with Gasteiger partial charge in [-0.25, -0.2) is 0 Å². The summed E-state index contributed by atoms with van der Waals surface area (Å²) in [5.74, 6) is -0.822. The fraction of sp³-hybridized carbons (Fsp3) is 0.860. The van der Waals surface area contributed by atoms with E-state index in [4.69, 9.17) is 18.9 Å². The molecule has 0 aromatic heterocycles. The van der Waals surface area contributed by atoms with Crippen LogP contribution in [0.1, 0.15) is 194 Å². The smallest absolute Gasteiger partial charge is 0.306 e. The summed E-state index contributed by atoms with van der Waals surface area (Å²) < 4.78 is 22.0. The molecule has 2 N–H and O–H groups in total. The van der Waals surface area contributed by atoms with Gasteiger partial charge in [-0.05, 0) is 64.2 Å². The molecule has 1 aliphatic rings. The van der Waals surface area contributed by atoms with Gasteiger partial charge < -0.3 is 29.2 Å². The molecule has 298 valence electrons. The van der Waals surface area contributed by atoms with Crippen molar-refractivity contribution in [2.45, 2.75) is 224 Å². The molecule has 0 bridgehead atoms. The SMILES string of the molecule is CCCCCCCC/C=C\CCCCCCCC(=O)OC[C@H]1O[C@H](OC)[C@H](O)[C@@H](O)[C@@H]1OC(=O)CCCCCCC/C=C\CCCCCCCC. The first-order chi connectivity index (χ1) is 24.9. The molecule has 0 spiro atoms. The van der Waals surface area contributed by atoms with Crippen molar-refractivity contribution in [2.75, 3.05) is 13.7 Å². The Morgan fingerprint density at radius 1 is 0.549 bits per heavy atom. The number of aliphatic hydroxyl groups is 2. The van der Waals surface area contributed by atoms with E-state index in [0.717, 1.165) is 64.2 Å². The number of hydrogen-bond donors (Lipinski definition) is 2. The Labute approximate surface area is 312 Å². The summed E-state index contributed by atoms with van der Waals surface area (Å²) >= 11 is 0. The molecule has 0 aromatic rings. The molecule has 51 heavy (non-hydrogen) atoms. The third-order valence-corrected chi connectivity index (χ3v) is 9.83. The first-order valence-electron chi connectivity index (χ1n) is 21.1. The van der Waals surface area contributed by atoms with E-state index < -0.39 is 36.7 Å². The molecule has 0 unspecified atom stereocenters. The van der Waals surface area contributed by atoms with Crippen molar-refractivity contribution >= 4 is 11.9 Å². The maximum absolute atomic E-state index is 12.7. The molecule has 0 aromatic carbocycles. The highest BCUT2D eigenvalue weighted by atomic mass is 16.7. The molecule has 1 fully saturated rings. The minimum Gasteiger partial charge on any atom is -0.463 e. The summed E-state index contributed by atoms with van der Waals surface area (Å²) in [4.78, 5) is 25.2. The maximum Gasteiger partial charge on any atom is 0.306 e. The summed E-state index contributed by atoms with van der Waals surface area (Å²) in [6.07, 6.45) is 34.4. The quantitative estimate of drug-likeness (QED) is 0.0384. The van der Waals surface area contributed by atoms with E-state index in [9.17, 15) is 19.8 Å². The Balaban J connectivity index is 2.21. The van der Waals surface area contributed by atoms with Crippen LogP contribution in [-0.4, -0.2) is 66.6 Å². The lowest BCUT2D eigenvalue weighted by Gasteiger charge is -2.41. The highest BCUT2D eigenvalue weighted by Gasteiger charge is 2.47. The van der Waals surface area contributed by atoms with Crippen LogP contribution in [0.5, 0.6) is 0 Å². The largest absolute Gasteiger partial charge is 0.463 e. The predicted octanol–water partition coefficient (Wildman–Crippen LogP) is 10.6. The minimum absolute atomic E-state index is 0.196. The Bertz CT molecular complexity index is 874. The van der Waals surface area contributed by atoms with Gasteiger partial charge in [-0.15, -0.1) is 0 Å². The number of esters is 2. The molecular formula is C43H78O8. The van der Waals surface area contributed by atoms with Crippen LogP contribution in [0, 0.1) is 0 Å². The first-order valence-corrected chi connectivity index (χ1v) is 21.1. The second-order valence-corrected chi connectivity index (χ2v) is 14.6. The van der Waals surface area contributed by atoms with Crippen LogP contribution in [0.15, 0.2) is 24.3 Å². The van der Waals surface area contributed by atoms with Crippen molar-refractivity contribution in [3.63, 3.8) is 0 Å². The summed E-state index contributed by atoms with van der Waals surface area (Å²) in [5, 5.41) is 21.2. The van der Waals surface area contributed by atoms with Crippen LogP contribution in [0.4, 0.5) is 0 Å². The van der Waals surface area contributed by atoms with Crippen LogP contribution in [0.25, 0.3) is 0 Å². The zero-order valence-electron chi connectivity index (χ0n) is 33.0. The van der Waals surface area contributed by atoms with Crippen LogP contribution in [-0.2, 0) is 28.5 Å². The van der Waals surface area contributed by atoms with Crippen molar-refractivity contribution in [1.82, 2.24) is 0 Å². The monoisotopic (exact) mass is 723 g/mol. The van der Waals surface area contributed by atoms with Gasteiger partial charge in [0.05, 0.1) is 0 Å². The number of hydrogen-bond acceptors (Lipinski definition) is 8. The predicted molar refractivity (Wildman–Crippen MR) is 207 cm³/mol. The average Bonchev–Trinajstić information content (AvgIpc) is 3.13. The zero-order chi connectivity index (χ0) is 37.2. The number of unbranched alkanes of at least 4 members (excludes halogenated alkanes) is 22. The Kier molecular flexibility index (Phi) is 31.6. The van der Waals surface area contributed by atoms with Gasteiger partial charge in [0.2, 0.25) is 0 Å². The van der Waals surface area contributed by atoms with Crippen LogP contribution < -0.4 is 0 Å². The standard InChI is InChI=1S/C43H78O8/c1-4-6-8-10-12-14-16-18-20-22-24-26-28-30-32-34-38(44)49-36-37-42(40(46)41(47)43(48-3)50-37)51-39(45)35-33-31-29-27-25-23-21-19-17-15-13-11-9-7-5-2/h18-21,37,40-43,46-47H,4-17,22-36H2,1-3H3/b20-18-,21-19-/t37-,40-,41-,42-,43+/m1/s1. The van der Waals surface area contributed by atoms with E-state index in [2.05, 4.69) is 38.2 Å². The molecule has 8 heteroatoms. The molecule has 1 aliphatic heterocycles. The molecule has 5 atom stereocenters. The van der Waals surface area contributed by atoms with Crippen molar-refractivity contribution in [3.05, 3.63) is 24.3 Å². The van der Waals surface area contributed by atoms with Crippen LogP contribution in [0.3, 0.4) is 0 Å². The average molecular weight is 723 g/mol.